The molecule has 3 rings (SSSR count). The fraction of sp³-hybridized carbons (Fsp3) is 0.389. The summed E-state index contributed by atoms with van der Waals surface area (Å²) in [6.07, 6.45) is 4.05. The highest BCUT2D eigenvalue weighted by Crippen LogP contribution is 2.22. The molecule has 1 atom stereocenters. The monoisotopic (exact) mass is 390 g/mol. The summed E-state index contributed by atoms with van der Waals surface area (Å²) in [5, 5.41) is 6.41. The van der Waals surface area contributed by atoms with Crippen LogP contribution in [0.4, 0.5) is 5.69 Å². The second-order valence-electron chi connectivity index (χ2n) is 6.51. The fourth-order valence-corrected chi connectivity index (χ4v) is 3.50. The van der Waals surface area contributed by atoms with Crippen molar-refractivity contribution >= 4 is 29.1 Å². The van der Waals surface area contributed by atoms with Gasteiger partial charge in [-0.3, -0.25) is 14.5 Å². The van der Waals surface area contributed by atoms with Gasteiger partial charge in [0.25, 0.3) is 0 Å². The summed E-state index contributed by atoms with van der Waals surface area (Å²) in [5.41, 5.74) is 6.00. The van der Waals surface area contributed by atoms with Gasteiger partial charge in [0.15, 0.2) is 0 Å². The summed E-state index contributed by atoms with van der Waals surface area (Å²) in [7, 11) is 1.97. The number of nitrogens with zero attached hydrogens (tertiary/aromatic N) is 3. The Balaban J connectivity index is 1.58. The first-order chi connectivity index (χ1) is 13.0. The van der Waals surface area contributed by atoms with Gasteiger partial charge >= 0.3 is 0 Å². The second-order valence-corrected chi connectivity index (χ2v) is 6.92. The zero-order chi connectivity index (χ0) is 19.4. The van der Waals surface area contributed by atoms with Crippen LogP contribution in [0.5, 0.6) is 0 Å². The molecule has 4 N–H and O–H groups in total. The second kappa shape index (κ2) is 8.51. The first-order valence-electron chi connectivity index (χ1n) is 8.77. The van der Waals surface area contributed by atoms with Crippen molar-refractivity contribution in [1.29, 1.82) is 0 Å². The number of piperazine rings is 1. The zero-order valence-corrected chi connectivity index (χ0v) is 15.9. The minimum atomic E-state index is -0.600. The summed E-state index contributed by atoms with van der Waals surface area (Å²) in [4.78, 5) is 30.3. The number of carbonyl (C=O) groups excluding carboxylic acids is 2. The number of primary amides is 1. The Kier molecular flexibility index (Phi) is 6.10. The van der Waals surface area contributed by atoms with E-state index in [1.807, 2.05) is 17.8 Å². The normalized spacial score (nSPS) is 17.6. The van der Waals surface area contributed by atoms with E-state index in [-0.39, 0.29) is 22.5 Å². The Morgan fingerprint density at radius 2 is 2.26 bits per heavy atom. The van der Waals surface area contributed by atoms with Crippen LogP contribution in [0, 0.1) is 0 Å². The van der Waals surface area contributed by atoms with Crippen molar-refractivity contribution in [3.63, 3.8) is 0 Å². The van der Waals surface area contributed by atoms with E-state index in [9.17, 15) is 9.59 Å². The van der Waals surface area contributed by atoms with Gasteiger partial charge in [-0.25, -0.2) is 4.98 Å². The molecule has 144 valence electrons. The van der Waals surface area contributed by atoms with E-state index in [4.69, 9.17) is 17.3 Å². The molecule has 8 nitrogen and oxygen atoms in total. The maximum atomic E-state index is 12.3. The van der Waals surface area contributed by atoms with E-state index in [2.05, 4.69) is 20.5 Å². The average Bonchev–Trinajstić information content (AvgIpc) is 3.06. The Hall–Kier alpha value is -2.42. The van der Waals surface area contributed by atoms with Gasteiger partial charge in [-0.2, -0.15) is 0 Å². The number of imidazole rings is 1. The quantitative estimate of drug-likeness (QED) is 0.686. The number of benzene rings is 1. The third-order valence-electron chi connectivity index (χ3n) is 4.66. The van der Waals surface area contributed by atoms with Crippen molar-refractivity contribution in [2.45, 2.75) is 12.5 Å². The summed E-state index contributed by atoms with van der Waals surface area (Å²) in [6.45, 7) is 3.16. The Morgan fingerprint density at radius 3 is 2.93 bits per heavy atom. The summed E-state index contributed by atoms with van der Waals surface area (Å²) in [6, 6.07) is 4.79. The predicted octanol–water partition coefficient (Wildman–Crippen LogP) is 1.15. The molecule has 0 spiro atoms. The van der Waals surface area contributed by atoms with Crippen LogP contribution in [0.25, 0.3) is 0 Å². The number of carbonyl (C=O) groups is 2. The van der Waals surface area contributed by atoms with Crippen LogP contribution in [0.2, 0.25) is 5.02 Å². The van der Waals surface area contributed by atoms with Crippen molar-refractivity contribution in [2.75, 3.05) is 31.5 Å². The van der Waals surface area contributed by atoms with E-state index >= 15 is 0 Å². The van der Waals surface area contributed by atoms with E-state index in [1.165, 1.54) is 12.1 Å². The molecule has 1 fully saturated rings. The van der Waals surface area contributed by atoms with Gasteiger partial charge in [-0.1, -0.05) is 11.6 Å². The van der Waals surface area contributed by atoms with Crippen molar-refractivity contribution in [1.82, 2.24) is 19.8 Å². The smallest absolute Gasteiger partial charge is 0.250 e. The lowest BCUT2D eigenvalue weighted by molar-refractivity contribution is -0.116. The lowest BCUT2D eigenvalue weighted by Crippen LogP contribution is -2.47. The molecule has 0 radical (unpaired) electrons. The maximum Gasteiger partial charge on any atom is 0.250 e. The van der Waals surface area contributed by atoms with E-state index in [1.54, 1.807) is 12.3 Å². The van der Waals surface area contributed by atoms with Crippen molar-refractivity contribution in [3.8, 4) is 0 Å². The minimum Gasteiger partial charge on any atom is -0.366 e. The van der Waals surface area contributed by atoms with Crippen LogP contribution >= 0.6 is 11.6 Å². The molecule has 1 unspecified atom stereocenters. The third kappa shape index (κ3) is 4.65. The van der Waals surface area contributed by atoms with Gasteiger partial charge in [0.2, 0.25) is 11.8 Å². The lowest BCUT2D eigenvalue weighted by Gasteiger charge is -2.35. The molecule has 1 aromatic carbocycles. The largest absolute Gasteiger partial charge is 0.366 e. The van der Waals surface area contributed by atoms with E-state index in [0.29, 0.717) is 18.7 Å². The highest BCUT2D eigenvalue weighted by Gasteiger charge is 2.26. The number of hydrogen-bond donors (Lipinski definition) is 3. The molecular formula is C18H23ClN6O2. The number of anilines is 1. The van der Waals surface area contributed by atoms with Crippen molar-refractivity contribution < 1.29 is 9.59 Å². The number of hydrogen-bond acceptors (Lipinski definition) is 5. The molecule has 2 heterocycles. The number of halogens is 1. The minimum absolute atomic E-state index is 0.116. The van der Waals surface area contributed by atoms with Gasteiger partial charge < -0.3 is 20.9 Å². The van der Waals surface area contributed by atoms with Crippen LogP contribution in [0.1, 0.15) is 28.6 Å². The van der Waals surface area contributed by atoms with Gasteiger partial charge in [0.05, 0.1) is 16.6 Å². The molecule has 1 aliphatic rings. The van der Waals surface area contributed by atoms with Gasteiger partial charge in [-0.05, 0) is 18.2 Å². The van der Waals surface area contributed by atoms with Crippen LogP contribution in [0.15, 0.2) is 30.6 Å². The summed E-state index contributed by atoms with van der Waals surface area (Å²) >= 11 is 6.02. The molecule has 9 heteroatoms. The molecule has 0 aliphatic carbocycles. The van der Waals surface area contributed by atoms with Crippen molar-refractivity contribution in [3.05, 3.63) is 47.0 Å². The zero-order valence-electron chi connectivity index (χ0n) is 15.1. The molecule has 2 aromatic rings. The summed E-state index contributed by atoms with van der Waals surface area (Å²) < 4.78 is 2.01. The molecule has 1 aliphatic heterocycles. The third-order valence-corrected chi connectivity index (χ3v) is 4.97. The summed E-state index contributed by atoms with van der Waals surface area (Å²) in [5.74, 6) is 0.267. The standard InChI is InChI=1S/C18H23ClN6O2/c1-24-8-6-22-18(24)15-11-21-5-9-25(15)7-4-16(26)23-12-2-3-13(17(20)27)14(19)10-12/h2-3,6,8,10,15,21H,4-5,7,9,11H2,1H3,(H2,20,27)(H,23,26). The number of rotatable bonds is 6. The first-order valence-corrected chi connectivity index (χ1v) is 9.14. The fourth-order valence-electron chi connectivity index (χ4n) is 3.23. The van der Waals surface area contributed by atoms with Gasteiger partial charge in [0.1, 0.15) is 5.82 Å². The Labute approximate surface area is 162 Å². The topological polar surface area (TPSA) is 105 Å². The average molecular weight is 391 g/mol. The molecule has 2 amide bonds. The first kappa shape index (κ1) is 19.3. The molecule has 1 saturated heterocycles. The maximum absolute atomic E-state index is 12.3. The number of aryl methyl sites for hydroxylation is 1. The van der Waals surface area contributed by atoms with Crippen LogP contribution in [-0.2, 0) is 11.8 Å². The number of nitrogens with two attached hydrogens (primary N) is 1. The predicted molar refractivity (Wildman–Crippen MR) is 104 cm³/mol. The highest BCUT2D eigenvalue weighted by atomic mass is 35.5. The van der Waals surface area contributed by atoms with Crippen molar-refractivity contribution in [2.24, 2.45) is 12.8 Å². The van der Waals surface area contributed by atoms with Crippen LogP contribution in [-0.4, -0.2) is 52.4 Å². The lowest BCUT2D eigenvalue weighted by atomic mass is 10.1. The molecule has 0 bridgehead atoms. The number of aromatic nitrogens is 2. The molecular weight excluding hydrogens is 368 g/mol. The molecule has 0 saturated carbocycles. The Morgan fingerprint density at radius 1 is 1.44 bits per heavy atom. The number of amides is 2. The van der Waals surface area contributed by atoms with Gasteiger partial charge in [-0.15, -0.1) is 0 Å². The number of nitrogens with one attached hydrogen (secondary N) is 2. The molecule has 1 aromatic heterocycles. The Bertz CT molecular complexity index is 837. The van der Waals surface area contributed by atoms with Crippen LogP contribution < -0.4 is 16.4 Å². The highest BCUT2D eigenvalue weighted by molar-refractivity contribution is 6.34. The van der Waals surface area contributed by atoms with Crippen LogP contribution in [0.3, 0.4) is 0 Å². The van der Waals surface area contributed by atoms with Gasteiger partial charge in [0, 0.05) is 57.7 Å². The van der Waals surface area contributed by atoms with E-state index < -0.39 is 5.91 Å². The SMILES string of the molecule is Cn1ccnc1C1CNCCN1CCC(=O)Nc1ccc(C(N)=O)c(Cl)c1. The molecule has 27 heavy (non-hydrogen) atoms. The van der Waals surface area contributed by atoms with E-state index in [0.717, 1.165) is 25.5 Å².